The molecule has 1 aliphatic carbocycles. The highest BCUT2D eigenvalue weighted by Crippen LogP contribution is 2.37. The smallest absolute Gasteiger partial charge is 0.152 e. The Morgan fingerprint density at radius 1 is 1.64 bits per heavy atom. The van der Waals surface area contributed by atoms with E-state index < -0.39 is 0 Å². The van der Waals surface area contributed by atoms with Crippen LogP contribution in [0.5, 0.6) is 0 Å². The van der Waals surface area contributed by atoms with Gasteiger partial charge in [0.1, 0.15) is 6.33 Å². The fourth-order valence-corrected chi connectivity index (χ4v) is 1.90. The quantitative estimate of drug-likeness (QED) is 0.791. The molecule has 0 aliphatic heterocycles. The second-order valence-corrected chi connectivity index (χ2v) is 4.46. The molecule has 4 nitrogen and oxygen atoms in total. The maximum Gasteiger partial charge on any atom is 0.152 e. The summed E-state index contributed by atoms with van der Waals surface area (Å²) in [4.78, 5) is 0. The van der Waals surface area contributed by atoms with Gasteiger partial charge < -0.3 is 10.3 Å². The highest BCUT2D eigenvalue weighted by atomic mass is 15.3. The maximum atomic E-state index is 6.24. The van der Waals surface area contributed by atoms with Gasteiger partial charge >= 0.3 is 0 Å². The third-order valence-electron chi connectivity index (χ3n) is 2.79. The van der Waals surface area contributed by atoms with Crippen LogP contribution in [0.1, 0.15) is 51.4 Å². The van der Waals surface area contributed by atoms with Gasteiger partial charge in [-0.25, -0.2) is 0 Å². The number of aromatic nitrogens is 3. The molecule has 1 aromatic heterocycles. The van der Waals surface area contributed by atoms with Crippen molar-refractivity contribution in [3.8, 4) is 0 Å². The second-order valence-electron chi connectivity index (χ2n) is 4.46. The first-order valence-electron chi connectivity index (χ1n) is 5.34. The van der Waals surface area contributed by atoms with Crippen LogP contribution in [-0.4, -0.2) is 14.8 Å². The Labute approximate surface area is 84.5 Å². The molecule has 1 aliphatic rings. The molecule has 14 heavy (non-hydrogen) atoms. The lowest BCUT2D eigenvalue weighted by atomic mass is 9.96. The molecule has 0 bridgehead atoms. The summed E-state index contributed by atoms with van der Waals surface area (Å²) in [6.45, 7) is 4.18. The lowest BCUT2D eigenvalue weighted by Gasteiger charge is -2.23. The van der Waals surface area contributed by atoms with E-state index in [4.69, 9.17) is 5.73 Å². The fourth-order valence-electron chi connectivity index (χ4n) is 1.90. The minimum Gasteiger partial charge on any atom is -0.319 e. The number of nitrogens with two attached hydrogens (primary N) is 1. The molecule has 0 aromatic carbocycles. The Morgan fingerprint density at radius 2 is 2.36 bits per heavy atom. The molecule has 4 heteroatoms. The topological polar surface area (TPSA) is 56.7 Å². The molecular weight excluding hydrogens is 176 g/mol. The Hall–Kier alpha value is -0.900. The summed E-state index contributed by atoms with van der Waals surface area (Å²) in [6.07, 6.45) is 6.33. The van der Waals surface area contributed by atoms with Crippen molar-refractivity contribution in [2.75, 3.05) is 0 Å². The van der Waals surface area contributed by atoms with Gasteiger partial charge in [-0.15, -0.1) is 10.2 Å². The van der Waals surface area contributed by atoms with E-state index in [0.29, 0.717) is 6.04 Å². The van der Waals surface area contributed by atoms with Gasteiger partial charge in [0, 0.05) is 6.04 Å². The maximum absolute atomic E-state index is 6.24. The van der Waals surface area contributed by atoms with E-state index in [0.717, 1.165) is 18.7 Å². The zero-order chi connectivity index (χ0) is 10.2. The molecule has 1 saturated carbocycles. The first-order valence-corrected chi connectivity index (χ1v) is 5.34. The summed E-state index contributed by atoms with van der Waals surface area (Å²) in [5.74, 6) is 0.946. The first-order chi connectivity index (χ1) is 6.65. The molecule has 0 radical (unpaired) electrons. The van der Waals surface area contributed by atoms with Crippen LogP contribution >= 0.6 is 0 Å². The Balaban J connectivity index is 2.25. The molecule has 2 rings (SSSR count). The standard InChI is InChI=1S/C10H18N4/c1-3-6-10(2,11)9-13-12-7-14(9)8-4-5-8/h7-8H,3-6,11H2,1-2H3. The van der Waals surface area contributed by atoms with Crippen molar-refractivity contribution >= 4 is 0 Å². The molecule has 1 aromatic rings. The summed E-state index contributed by atoms with van der Waals surface area (Å²) in [5.41, 5.74) is 5.91. The lowest BCUT2D eigenvalue weighted by molar-refractivity contribution is 0.398. The van der Waals surface area contributed by atoms with Crippen LogP contribution in [0.15, 0.2) is 6.33 Å². The van der Waals surface area contributed by atoms with E-state index in [1.165, 1.54) is 12.8 Å². The zero-order valence-electron chi connectivity index (χ0n) is 8.90. The van der Waals surface area contributed by atoms with Crippen LogP contribution in [0, 0.1) is 0 Å². The molecule has 2 N–H and O–H groups in total. The third-order valence-corrected chi connectivity index (χ3v) is 2.79. The van der Waals surface area contributed by atoms with E-state index in [9.17, 15) is 0 Å². The van der Waals surface area contributed by atoms with Gasteiger partial charge in [-0.2, -0.15) is 0 Å². The van der Waals surface area contributed by atoms with Gasteiger partial charge in [-0.3, -0.25) is 0 Å². The average molecular weight is 194 g/mol. The Morgan fingerprint density at radius 3 is 2.93 bits per heavy atom. The van der Waals surface area contributed by atoms with Gasteiger partial charge in [0.2, 0.25) is 0 Å². The Kier molecular flexibility index (Phi) is 2.31. The molecule has 1 atom stereocenters. The van der Waals surface area contributed by atoms with Crippen LogP contribution in [0.4, 0.5) is 0 Å². The monoisotopic (exact) mass is 194 g/mol. The highest BCUT2D eigenvalue weighted by Gasteiger charge is 2.32. The lowest BCUT2D eigenvalue weighted by Crippen LogP contribution is -2.36. The van der Waals surface area contributed by atoms with Crippen molar-refractivity contribution in [3.63, 3.8) is 0 Å². The van der Waals surface area contributed by atoms with E-state index in [1.54, 1.807) is 0 Å². The normalized spacial score (nSPS) is 20.8. The van der Waals surface area contributed by atoms with E-state index in [1.807, 2.05) is 13.3 Å². The van der Waals surface area contributed by atoms with Crippen molar-refractivity contribution < 1.29 is 0 Å². The molecule has 1 fully saturated rings. The molecule has 1 heterocycles. The fraction of sp³-hybridized carbons (Fsp3) is 0.800. The van der Waals surface area contributed by atoms with Crippen molar-refractivity contribution in [3.05, 3.63) is 12.2 Å². The minimum atomic E-state index is -0.326. The number of hydrogen-bond acceptors (Lipinski definition) is 3. The first kappa shape index (κ1) is 9.65. The van der Waals surface area contributed by atoms with Crippen LogP contribution in [0.2, 0.25) is 0 Å². The van der Waals surface area contributed by atoms with Gasteiger partial charge in [0.25, 0.3) is 0 Å². The second kappa shape index (κ2) is 3.35. The van der Waals surface area contributed by atoms with Crippen LogP contribution in [0.25, 0.3) is 0 Å². The number of rotatable bonds is 4. The van der Waals surface area contributed by atoms with Crippen molar-refractivity contribution in [2.45, 2.75) is 51.1 Å². The number of nitrogens with zero attached hydrogens (tertiary/aromatic N) is 3. The van der Waals surface area contributed by atoms with E-state index >= 15 is 0 Å². The highest BCUT2D eigenvalue weighted by molar-refractivity contribution is 5.06. The van der Waals surface area contributed by atoms with Crippen molar-refractivity contribution in [1.82, 2.24) is 14.8 Å². The van der Waals surface area contributed by atoms with Gasteiger partial charge in [-0.1, -0.05) is 13.3 Å². The summed E-state index contributed by atoms with van der Waals surface area (Å²) in [6, 6.07) is 0.611. The molecular formula is C10H18N4. The summed E-state index contributed by atoms with van der Waals surface area (Å²) >= 11 is 0. The molecule has 0 spiro atoms. The van der Waals surface area contributed by atoms with Crippen LogP contribution in [0.3, 0.4) is 0 Å². The van der Waals surface area contributed by atoms with Gasteiger partial charge in [-0.05, 0) is 26.2 Å². The Bertz CT molecular complexity index is 312. The summed E-state index contributed by atoms with van der Waals surface area (Å²) in [5, 5.41) is 8.12. The molecule has 1 unspecified atom stereocenters. The average Bonchev–Trinajstić information content (AvgIpc) is 2.83. The van der Waals surface area contributed by atoms with E-state index in [-0.39, 0.29) is 5.54 Å². The summed E-state index contributed by atoms with van der Waals surface area (Å²) in [7, 11) is 0. The van der Waals surface area contributed by atoms with Crippen LogP contribution < -0.4 is 5.73 Å². The predicted molar refractivity (Wildman–Crippen MR) is 54.7 cm³/mol. The summed E-state index contributed by atoms with van der Waals surface area (Å²) < 4.78 is 2.15. The molecule has 78 valence electrons. The van der Waals surface area contributed by atoms with Crippen LogP contribution in [-0.2, 0) is 5.54 Å². The minimum absolute atomic E-state index is 0.326. The third kappa shape index (κ3) is 1.66. The largest absolute Gasteiger partial charge is 0.319 e. The van der Waals surface area contributed by atoms with E-state index in [2.05, 4.69) is 21.7 Å². The number of hydrogen-bond donors (Lipinski definition) is 1. The van der Waals surface area contributed by atoms with Crippen molar-refractivity contribution in [1.29, 1.82) is 0 Å². The zero-order valence-corrected chi connectivity index (χ0v) is 8.90. The molecule has 0 amide bonds. The predicted octanol–water partition coefficient (Wildman–Crippen LogP) is 1.59. The molecule has 0 saturated heterocycles. The SMILES string of the molecule is CCCC(C)(N)c1nncn1C1CC1. The van der Waals surface area contributed by atoms with Crippen molar-refractivity contribution in [2.24, 2.45) is 5.73 Å². The van der Waals surface area contributed by atoms with Gasteiger partial charge in [0.05, 0.1) is 5.54 Å². The van der Waals surface area contributed by atoms with Gasteiger partial charge in [0.15, 0.2) is 5.82 Å².